The zero-order chi connectivity index (χ0) is 10.9. The van der Waals surface area contributed by atoms with Gasteiger partial charge in [-0.3, -0.25) is 0 Å². The molecule has 5 heteroatoms. The van der Waals surface area contributed by atoms with E-state index in [0.29, 0.717) is 0 Å². The molecule has 0 fully saturated rings. The van der Waals surface area contributed by atoms with Gasteiger partial charge < -0.3 is 27.7 Å². The monoisotopic (exact) mass is 258 g/mol. The molecule has 0 aromatic heterocycles. The molecule has 0 aromatic rings. The van der Waals surface area contributed by atoms with Gasteiger partial charge in [-0.1, -0.05) is 0 Å². The van der Waals surface area contributed by atoms with Crippen molar-refractivity contribution in [2.24, 2.45) is 0 Å². The highest BCUT2D eigenvalue weighted by Gasteiger charge is 2.29. The maximum atomic E-state index is 8.80. The van der Waals surface area contributed by atoms with E-state index in [1.807, 2.05) is 0 Å². The molecule has 0 rings (SSSR count). The minimum Gasteiger partial charge on any atom is -1.00 e. The van der Waals surface area contributed by atoms with Crippen LogP contribution in [0.4, 0.5) is 0 Å². The van der Waals surface area contributed by atoms with E-state index in [4.69, 9.17) is 15.3 Å². The summed E-state index contributed by atoms with van der Waals surface area (Å²) >= 11 is 0. The fourth-order valence-corrected chi connectivity index (χ4v) is 5.08. The van der Waals surface area contributed by atoms with Gasteiger partial charge >= 0.3 is 0 Å². The van der Waals surface area contributed by atoms with Gasteiger partial charge in [-0.25, -0.2) is 0 Å². The van der Waals surface area contributed by atoms with Crippen LogP contribution in [0, 0.1) is 0 Å². The van der Waals surface area contributed by atoms with Crippen molar-refractivity contribution in [3.8, 4) is 0 Å². The summed E-state index contributed by atoms with van der Waals surface area (Å²) in [6.07, 6.45) is 5.85. The average Bonchev–Trinajstić information content (AvgIpc) is 2.21. The van der Waals surface area contributed by atoms with E-state index < -0.39 is 7.26 Å². The van der Waals surface area contributed by atoms with Gasteiger partial charge in [0.2, 0.25) is 0 Å². The molecule has 0 radical (unpaired) electrons. The van der Waals surface area contributed by atoms with Crippen LogP contribution in [0.2, 0.25) is 0 Å². The smallest absolute Gasteiger partial charge is 0.0613 e. The summed E-state index contributed by atoms with van der Waals surface area (Å²) < 4.78 is 0. The van der Waals surface area contributed by atoms with Crippen LogP contribution in [0.5, 0.6) is 0 Å². The van der Waals surface area contributed by atoms with Crippen molar-refractivity contribution in [1.82, 2.24) is 0 Å². The Morgan fingerprint density at radius 3 is 1.20 bits per heavy atom. The molecule has 0 aliphatic heterocycles. The summed E-state index contributed by atoms with van der Waals surface area (Å²) in [5, 5.41) is 26.4. The summed E-state index contributed by atoms with van der Waals surface area (Å²) in [5.41, 5.74) is 0. The first-order valence-corrected chi connectivity index (χ1v) is 8.14. The number of rotatable bonds is 9. The summed E-state index contributed by atoms with van der Waals surface area (Å²) in [6.45, 7) is 3.06. The fraction of sp³-hybridized carbons (Fsp3) is 1.00. The Hall–Kier alpha value is 0.600. The lowest BCUT2D eigenvalue weighted by molar-refractivity contribution is -0.00000636. The van der Waals surface area contributed by atoms with E-state index in [2.05, 4.69) is 6.66 Å². The molecule has 0 aliphatic rings. The highest BCUT2D eigenvalue weighted by Crippen LogP contribution is 2.56. The third-order valence-electron chi connectivity index (χ3n) is 2.57. The first-order valence-electron chi connectivity index (χ1n) is 5.34. The molecule has 0 amide bonds. The van der Waals surface area contributed by atoms with Crippen molar-refractivity contribution in [3.05, 3.63) is 0 Å². The van der Waals surface area contributed by atoms with E-state index >= 15 is 0 Å². The summed E-state index contributed by atoms with van der Waals surface area (Å²) in [7, 11) is -0.999. The minimum atomic E-state index is -0.999. The van der Waals surface area contributed by atoms with Gasteiger partial charge in [0.05, 0.1) is 18.5 Å². The molecule has 3 nitrogen and oxygen atoms in total. The number of aliphatic hydroxyl groups excluding tert-OH is 3. The summed E-state index contributed by atoms with van der Waals surface area (Å²) in [4.78, 5) is 0. The van der Waals surface area contributed by atoms with Gasteiger partial charge in [0.25, 0.3) is 0 Å². The van der Waals surface area contributed by atoms with Crippen molar-refractivity contribution < 1.29 is 27.7 Å². The molecule has 0 aliphatic carbocycles. The number of aliphatic hydroxyl groups is 3. The van der Waals surface area contributed by atoms with Crippen LogP contribution >= 0.6 is 7.26 Å². The Kier molecular flexibility index (Phi) is 13.3. The zero-order valence-electron chi connectivity index (χ0n) is 9.53. The number of halogens is 1. The second-order valence-electron chi connectivity index (χ2n) is 4.02. The molecule has 0 heterocycles. The largest absolute Gasteiger partial charge is 1.00 e. The second kappa shape index (κ2) is 11.1. The third kappa shape index (κ3) is 9.52. The molecule has 0 saturated carbocycles. The molecule has 0 aromatic carbocycles. The van der Waals surface area contributed by atoms with Gasteiger partial charge in [0.15, 0.2) is 0 Å². The van der Waals surface area contributed by atoms with E-state index in [0.717, 1.165) is 37.7 Å². The van der Waals surface area contributed by atoms with Crippen molar-refractivity contribution >= 4 is 7.26 Å². The first-order chi connectivity index (χ1) is 6.68. The van der Waals surface area contributed by atoms with Crippen LogP contribution in [0.1, 0.15) is 19.3 Å². The topological polar surface area (TPSA) is 60.7 Å². The number of hydrogen-bond donors (Lipinski definition) is 3. The van der Waals surface area contributed by atoms with E-state index in [-0.39, 0.29) is 32.2 Å². The molecular formula is C10H24ClO3P. The molecular weight excluding hydrogens is 235 g/mol. The molecule has 0 bridgehead atoms. The normalized spacial score (nSPS) is 11.2. The molecule has 0 unspecified atom stereocenters. The standard InChI is InChI=1S/C10H24O3P.ClH/c1-14(8-2-5-11,9-3-6-12)10-4-7-13;/h11-13H,2-10H2,1H3;1H/q+1;/p-1. The predicted octanol–water partition coefficient (Wildman–Crippen LogP) is -2.21. The van der Waals surface area contributed by atoms with Crippen molar-refractivity contribution in [2.45, 2.75) is 19.3 Å². The zero-order valence-corrected chi connectivity index (χ0v) is 11.2. The lowest BCUT2D eigenvalue weighted by Gasteiger charge is -2.22. The van der Waals surface area contributed by atoms with Crippen LogP contribution in [-0.4, -0.2) is 60.3 Å². The first kappa shape index (κ1) is 18.0. The Labute approximate surface area is 99.6 Å². The van der Waals surface area contributed by atoms with E-state index in [1.165, 1.54) is 0 Å². The summed E-state index contributed by atoms with van der Waals surface area (Å²) in [5.74, 6) is 0. The van der Waals surface area contributed by atoms with Crippen LogP contribution < -0.4 is 12.4 Å². The highest BCUT2D eigenvalue weighted by atomic mass is 35.5. The molecule has 15 heavy (non-hydrogen) atoms. The van der Waals surface area contributed by atoms with Crippen LogP contribution in [0.15, 0.2) is 0 Å². The van der Waals surface area contributed by atoms with Crippen molar-refractivity contribution in [1.29, 1.82) is 0 Å². The summed E-state index contributed by atoms with van der Waals surface area (Å²) in [6, 6.07) is 0. The Morgan fingerprint density at radius 1 is 0.733 bits per heavy atom. The third-order valence-corrected chi connectivity index (χ3v) is 6.76. The Balaban J connectivity index is 0. The maximum absolute atomic E-state index is 8.80. The van der Waals surface area contributed by atoms with Crippen molar-refractivity contribution in [2.75, 3.05) is 45.0 Å². The molecule has 0 saturated heterocycles. The fourth-order valence-electron chi connectivity index (χ4n) is 1.69. The number of hydrogen-bond acceptors (Lipinski definition) is 3. The minimum absolute atomic E-state index is 0. The molecule has 0 spiro atoms. The quantitative estimate of drug-likeness (QED) is 0.411. The maximum Gasteiger partial charge on any atom is 0.0613 e. The van der Waals surface area contributed by atoms with Gasteiger partial charge in [0, 0.05) is 53.0 Å². The van der Waals surface area contributed by atoms with Gasteiger partial charge in [-0.15, -0.1) is 0 Å². The van der Waals surface area contributed by atoms with E-state index in [1.54, 1.807) is 0 Å². The van der Waals surface area contributed by atoms with Gasteiger partial charge in [-0.05, 0) is 0 Å². The van der Waals surface area contributed by atoms with Crippen LogP contribution in [0.25, 0.3) is 0 Å². The van der Waals surface area contributed by atoms with E-state index in [9.17, 15) is 0 Å². The van der Waals surface area contributed by atoms with Gasteiger partial charge in [-0.2, -0.15) is 0 Å². The molecule has 94 valence electrons. The molecule has 0 atom stereocenters. The molecule has 3 N–H and O–H groups in total. The predicted molar refractivity (Wildman–Crippen MR) is 62.6 cm³/mol. The lowest BCUT2D eigenvalue weighted by Crippen LogP contribution is -3.00. The second-order valence-corrected chi connectivity index (χ2v) is 8.60. The highest BCUT2D eigenvalue weighted by molar-refractivity contribution is 7.75. The Bertz CT molecular complexity index is 114. The Morgan fingerprint density at radius 2 is 1.00 bits per heavy atom. The van der Waals surface area contributed by atoms with Crippen LogP contribution in [0.3, 0.4) is 0 Å². The lowest BCUT2D eigenvalue weighted by atomic mass is 10.5. The SMILES string of the molecule is C[P+](CCCO)(CCCO)CCCO.[Cl-]. The average molecular weight is 259 g/mol. The van der Waals surface area contributed by atoms with Gasteiger partial charge in [0.1, 0.15) is 0 Å². The van der Waals surface area contributed by atoms with Crippen molar-refractivity contribution in [3.63, 3.8) is 0 Å². The van der Waals surface area contributed by atoms with Crippen LogP contribution in [-0.2, 0) is 0 Å².